The van der Waals surface area contributed by atoms with Gasteiger partial charge in [0.05, 0.1) is 12.8 Å². The summed E-state index contributed by atoms with van der Waals surface area (Å²) >= 11 is 0. The summed E-state index contributed by atoms with van der Waals surface area (Å²) in [6, 6.07) is 16.5. The molecule has 5 rings (SSSR count). The minimum atomic E-state index is -0.374. The Balaban J connectivity index is 0.00000274. The number of nitrogens with zero attached hydrogens (tertiary/aromatic N) is 5. The highest BCUT2D eigenvalue weighted by molar-refractivity contribution is 6.09. The van der Waals surface area contributed by atoms with E-state index in [9.17, 15) is 4.79 Å². The van der Waals surface area contributed by atoms with Crippen LogP contribution in [0.3, 0.4) is 0 Å². The van der Waals surface area contributed by atoms with Gasteiger partial charge in [0.25, 0.3) is 5.91 Å². The van der Waals surface area contributed by atoms with Gasteiger partial charge in [-0.3, -0.25) is 4.79 Å². The zero-order valence-corrected chi connectivity index (χ0v) is 19.0. The van der Waals surface area contributed by atoms with Gasteiger partial charge >= 0.3 is 0 Å². The molecule has 1 aromatic carbocycles. The maximum Gasteiger partial charge on any atom is 0.261 e. The summed E-state index contributed by atoms with van der Waals surface area (Å²) in [5.41, 5.74) is 9.71. The molecule has 0 aliphatic carbocycles. The van der Waals surface area contributed by atoms with Crippen molar-refractivity contribution >= 4 is 35.6 Å². The number of halogens is 1. The molecule has 10 nitrogen and oxygen atoms in total. The second-order valence-electron chi connectivity index (χ2n) is 7.22. The van der Waals surface area contributed by atoms with Crippen molar-refractivity contribution in [1.82, 2.24) is 24.7 Å². The number of pyridine rings is 2. The van der Waals surface area contributed by atoms with Crippen molar-refractivity contribution in [1.29, 1.82) is 0 Å². The molecule has 172 valence electrons. The van der Waals surface area contributed by atoms with E-state index < -0.39 is 0 Å². The third-order valence-electron chi connectivity index (χ3n) is 5.09. The van der Waals surface area contributed by atoms with Crippen molar-refractivity contribution in [3.05, 3.63) is 72.1 Å². The highest BCUT2D eigenvalue weighted by Gasteiger charge is 2.23. The van der Waals surface area contributed by atoms with Gasteiger partial charge in [-0.15, -0.1) is 17.5 Å². The molecule has 1 amide bonds. The molecule has 0 aliphatic rings. The van der Waals surface area contributed by atoms with E-state index in [-0.39, 0.29) is 30.1 Å². The highest BCUT2D eigenvalue weighted by atomic mass is 35.5. The molecule has 0 radical (unpaired) electrons. The van der Waals surface area contributed by atoms with Crippen LogP contribution in [0.5, 0.6) is 5.88 Å². The number of benzene rings is 1. The van der Waals surface area contributed by atoms with E-state index in [1.165, 1.54) is 7.11 Å². The van der Waals surface area contributed by atoms with Crippen LogP contribution >= 0.6 is 12.4 Å². The number of aromatic nitrogens is 5. The lowest BCUT2D eigenvalue weighted by Gasteiger charge is -2.11. The minimum absolute atomic E-state index is 0. The largest absolute Gasteiger partial charge is 0.479 e. The van der Waals surface area contributed by atoms with Crippen molar-refractivity contribution in [3.63, 3.8) is 0 Å². The number of carbonyl (C=O) groups excluding carboxylic acids is 1. The van der Waals surface area contributed by atoms with E-state index >= 15 is 0 Å². The molecule has 0 fully saturated rings. The SMILES string of the molecule is COc1nc(-c2ccn3nc(N)nc3c2)ccc1NC(=O)c1c(-c2ccccc2)noc1C.Cl. The third-order valence-corrected chi connectivity index (χ3v) is 5.09. The first kappa shape index (κ1) is 22.7. The molecule has 0 saturated carbocycles. The zero-order valence-electron chi connectivity index (χ0n) is 18.2. The van der Waals surface area contributed by atoms with Crippen LogP contribution in [0.25, 0.3) is 28.2 Å². The molecule has 11 heteroatoms. The number of amides is 1. The number of hydrogen-bond donors (Lipinski definition) is 2. The summed E-state index contributed by atoms with van der Waals surface area (Å²) in [6.07, 6.45) is 1.75. The molecule has 0 saturated heterocycles. The second-order valence-corrected chi connectivity index (χ2v) is 7.22. The van der Waals surface area contributed by atoms with E-state index in [0.29, 0.717) is 34.0 Å². The molecule has 0 spiro atoms. The van der Waals surface area contributed by atoms with Crippen LogP contribution in [0, 0.1) is 6.92 Å². The highest BCUT2D eigenvalue weighted by Crippen LogP contribution is 2.30. The summed E-state index contributed by atoms with van der Waals surface area (Å²) < 4.78 is 12.3. The Labute approximate surface area is 200 Å². The molecule has 4 heterocycles. The molecular weight excluding hydrogens is 458 g/mol. The van der Waals surface area contributed by atoms with Gasteiger partial charge in [-0.1, -0.05) is 35.5 Å². The average Bonchev–Trinajstić information content (AvgIpc) is 3.40. The van der Waals surface area contributed by atoms with Crippen LogP contribution in [-0.4, -0.2) is 37.8 Å². The number of anilines is 2. The molecule has 0 bridgehead atoms. The van der Waals surface area contributed by atoms with Crippen molar-refractivity contribution in [3.8, 4) is 28.4 Å². The van der Waals surface area contributed by atoms with E-state index in [2.05, 4.69) is 25.5 Å². The van der Waals surface area contributed by atoms with Crippen LogP contribution in [0.1, 0.15) is 16.1 Å². The van der Waals surface area contributed by atoms with Gasteiger partial charge in [-0.05, 0) is 31.2 Å². The maximum absolute atomic E-state index is 13.1. The Morgan fingerprint density at radius 3 is 2.65 bits per heavy atom. The molecule has 5 aromatic rings. The number of nitrogens with two attached hydrogens (primary N) is 1. The lowest BCUT2D eigenvalue weighted by atomic mass is 10.1. The Kier molecular flexibility index (Phi) is 6.15. The van der Waals surface area contributed by atoms with E-state index in [1.54, 1.807) is 29.8 Å². The first-order valence-electron chi connectivity index (χ1n) is 10.0. The number of ether oxygens (including phenoxy) is 1. The van der Waals surface area contributed by atoms with Crippen molar-refractivity contribution in [2.45, 2.75) is 6.92 Å². The number of nitrogen functional groups attached to an aromatic ring is 1. The maximum atomic E-state index is 13.1. The average molecular weight is 478 g/mol. The van der Waals surface area contributed by atoms with Crippen molar-refractivity contribution in [2.75, 3.05) is 18.2 Å². The molecule has 0 aliphatic heterocycles. The van der Waals surface area contributed by atoms with Crippen LogP contribution in [0.4, 0.5) is 11.6 Å². The number of aryl methyl sites for hydroxylation is 1. The monoisotopic (exact) mass is 477 g/mol. The van der Waals surface area contributed by atoms with Crippen molar-refractivity contribution in [2.24, 2.45) is 0 Å². The Morgan fingerprint density at radius 2 is 1.88 bits per heavy atom. The molecule has 3 N–H and O–H groups in total. The van der Waals surface area contributed by atoms with Crippen LogP contribution in [0.2, 0.25) is 0 Å². The number of methoxy groups -OCH3 is 1. The number of carbonyl (C=O) groups is 1. The van der Waals surface area contributed by atoms with Crippen LogP contribution in [0.15, 0.2) is 65.3 Å². The number of nitrogens with one attached hydrogen (secondary N) is 1. The first-order valence-corrected chi connectivity index (χ1v) is 10.0. The smallest absolute Gasteiger partial charge is 0.261 e. The summed E-state index contributed by atoms with van der Waals surface area (Å²) in [5.74, 6) is 0.489. The van der Waals surface area contributed by atoms with Gasteiger partial charge in [0, 0.05) is 17.3 Å². The predicted octanol–water partition coefficient (Wildman–Crippen LogP) is 4.02. The van der Waals surface area contributed by atoms with E-state index in [4.69, 9.17) is 15.0 Å². The van der Waals surface area contributed by atoms with Crippen LogP contribution < -0.4 is 15.8 Å². The van der Waals surface area contributed by atoms with E-state index in [0.717, 1.165) is 11.1 Å². The summed E-state index contributed by atoms with van der Waals surface area (Å²) in [5, 5.41) is 11.0. The molecule has 0 unspecified atom stereocenters. The fourth-order valence-electron chi connectivity index (χ4n) is 3.53. The Morgan fingerprint density at radius 1 is 1.09 bits per heavy atom. The first-order chi connectivity index (χ1) is 16.0. The summed E-state index contributed by atoms with van der Waals surface area (Å²) in [4.78, 5) is 21.9. The topological polar surface area (TPSA) is 133 Å². The van der Waals surface area contributed by atoms with E-state index in [1.807, 2.05) is 42.5 Å². The van der Waals surface area contributed by atoms with Crippen molar-refractivity contribution < 1.29 is 14.1 Å². The standard InChI is InChI=1S/C23H19N7O3.ClH/c1-13-19(20(29-33-13)14-6-4-3-5-7-14)21(31)25-17-9-8-16(26-22(17)32-2)15-10-11-30-18(12-15)27-23(24)28-30;/h3-12H,1-2H3,(H2,24,28)(H,25,31);1H. The zero-order chi connectivity index (χ0) is 22.9. The normalized spacial score (nSPS) is 10.6. The lowest BCUT2D eigenvalue weighted by Crippen LogP contribution is -2.14. The molecule has 34 heavy (non-hydrogen) atoms. The number of rotatable bonds is 5. The Hall–Kier alpha value is -4.44. The lowest BCUT2D eigenvalue weighted by molar-refractivity contribution is 0.102. The molecule has 4 aromatic heterocycles. The van der Waals surface area contributed by atoms with Gasteiger partial charge in [-0.2, -0.15) is 4.98 Å². The minimum Gasteiger partial charge on any atom is -0.479 e. The van der Waals surface area contributed by atoms with Gasteiger partial charge in [0.15, 0.2) is 5.65 Å². The number of fused-ring (bicyclic) bond motifs is 1. The second kappa shape index (κ2) is 9.20. The van der Waals surface area contributed by atoms with Crippen LogP contribution in [-0.2, 0) is 0 Å². The summed E-state index contributed by atoms with van der Waals surface area (Å²) in [7, 11) is 1.49. The fraction of sp³-hybridized carbons (Fsp3) is 0.0870. The summed E-state index contributed by atoms with van der Waals surface area (Å²) in [6.45, 7) is 1.69. The van der Waals surface area contributed by atoms with Gasteiger partial charge in [0.2, 0.25) is 11.8 Å². The van der Waals surface area contributed by atoms with Gasteiger partial charge in [0.1, 0.15) is 22.7 Å². The van der Waals surface area contributed by atoms with Gasteiger partial charge in [-0.25, -0.2) is 9.50 Å². The third kappa shape index (κ3) is 4.14. The molecule has 0 atom stereocenters. The number of hydrogen-bond acceptors (Lipinski definition) is 8. The van der Waals surface area contributed by atoms with Gasteiger partial charge < -0.3 is 20.3 Å². The quantitative estimate of drug-likeness (QED) is 0.387. The predicted molar refractivity (Wildman–Crippen MR) is 129 cm³/mol. The molecular formula is C23H20ClN7O3. The Bertz CT molecular complexity index is 1480. The fourth-order valence-corrected chi connectivity index (χ4v) is 3.53.